The summed E-state index contributed by atoms with van der Waals surface area (Å²) in [5.74, 6) is 0.271. The Hall–Kier alpha value is -3.58. The summed E-state index contributed by atoms with van der Waals surface area (Å²) in [7, 11) is 0. The van der Waals surface area contributed by atoms with Crippen molar-refractivity contribution in [2.75, 3.05) is 18.5 Å². The molecule has 0 bridgehead atoms. The van der Waals surface area contributed by atoms with Crippen molar-refractivity contribution in [1.82, 2.24) is 4.90 Å². The Bertz CT molecular complexity index is 1230. The van der Waals surface area contributed by atoms with Crippen LogP contribution in [0.4, 0.5) is 10.5 Å². The lowest BCUT2D eigenvalue weighted by Gasteiger charge is -2.13. The molecule has 0 aromatic heterocycles. The topological polar surface area (TPSA) is 75.7 Å². The van der Waals surface area contributed by atoms with Crippen LogP contribution < -0.4 is 10.1 Å². The van der Waals surface area contributed by atoms with Gasteiger partial charge in [0.1, 0.15) is 12.3 Å². The molecule has 1 saturated heterocycles. The summed E-state index contributed by atoms with van der Waals surface area (Å²) < 4.78 is 5.67. The third-order valence-corrected chi connectivity index (χ3v) is 5.91. The van der Waals surface area contributed by atoms with Gasteiger partial charge in [-0.3, -0.25) is 19.3 Å². The Balaban J connectivity index is 1.42. The molecule has 3 aromatic carbocycles. The first kappa shape index (κ1) is 22.6. The van der Waals surface area contributed by atoms with Crippen molar-refractivity contribution in [3.8, 4) is 5.75 Å². The summed E-state index contributed by atoms with van der Waals surface area (Å²) in [6.45, 7) is 4.44. The maximum atomic E-state index is 12.8. The number of carbonyl (C=O) groups excluding carboxylic acids is 3. The van der Waals surface area contributed by atoms with Gasteiger partial charge in [-0.25, -0.2) is 0 Å². The van der Waals surface area contributed by atoms with E-state index in [0.29, 0.717) is 18.2 Å². The van der Waals surface area contributed by atoms with Crippen LogP contribution in [0.1, 0.15) is 19.4 Å². The van der Waals surface area contributed by atoms with Crippen molar-refractivity contribution < 1.29 is 19.1 Å². The Morgan fingerprint density at radius 3 is 2.52 bits per heavy atom. The second kappa shape index (κ2) is 9.92. The third kappa shape index (κ3) is 5.43. The highest BCUT2D eigenvalue weighted by atomic mass is 32.2. The van der Waals surface area contributed by atoms with E-state index in [9.17, 15) is 14.4 Å². The van der Waals surface area contributed by atoms with Gasteiger partial charge >= 0.3 is 0 Å². The molecule has 1 fully saturated rings. The van der Waals surface area contributed by atoms with Gasteiger partial charge in [0, 0.05) is 11.1 Å². The fraction of sp³-hybridized carbons (Fsp3) is 0.192. The fourth-order valence-electron chi connectivity index (χ4n) is 3.38. The molecule has 1 heterocycles. The molecule has 3 amide bonds. The van der Waals surface area contributed by atoms with Crippen LogP contribution in [0.5, 0.6) is 5.75 Å². The summed E-state index contributed by atoms with van der Waals surface area (Å²) in [5.41, 5.74) is 1.41. The molecule has 0 atom stereocenters. The Morgan fingerprint density at radius 2 is 1.76 bits per heavy atom. The smallest absolute Gasteiger partial charge is 0.294 e. The quantitative estimate of drug-likeness (QED) is 0.468. The number of fused-ring (bicyclic) bond motifs is 1. The van der Waals surface area contributed by atoms with E-state index in [1.165, 1.54) is 0 Å². The van der Waals surface area contributed by atoms with Gasteiger partial charge in [0.15, 0.2) is 0 Å². The number of thioether (sulfide) groups is 1. The monoisotopic (exact) mass is 460 g/mol. The first-order chi connectivity index (χ1) is 15.9. The standard InChI is InChI=1S/C26H24N2O4S/c1-17(2)16-32-20-12-10-18(11-13-20)14-23-25(30)28(26(31)33-23)15-24(29)27-22-9-5-7-19-6-3-4-8-21(19)22/h3-14,17H,15-16H2,1-2H3,(H,27,29)/b23-14-. The van der Waals surface area contributed by atoms with E-state index in [-0.39, 0.29) is 11.4 Å². The summed E-state index contributed by atoms with van der Waals surface area (Å²) >= 11 is 0.833. The number of nitrogens with one attached hydrogen (secondary N) is 1. The zero-order valence-corrected chi connectivity index (χ0v) is 19.2. The number of imide groups is 1. The lowest BCUT2D eigenvalue weighted by molar-refractivity contribution is -0.127. The molecule has 6 nitrogen and oxygen atoms in total. The average Bonchev–Trinajstić information content (AvgIpc) is 3.06. The van der Waals surface area contributed by atoms with E-state index >= 15 is 0 Å². The predicted octanol–water partition coefficient (Wildman–Crippen LogP) is 5.55. The van der Waals surface area contributed by atoms with E-state index in [4.69, 9.17) is 4.74 Å². The van der Waals surface area contributed by atoms with E-state index < -0.39 is 17.1 Å². The molecule has 0 aliphatic carbocycles. The third-order valence-electron chi connectivity index (χ3n) is 5.00. The van der Waals surface area contributed by atoms with Gasteiger partial charge in [-0.2, -0.15) is 0 Å². The molecular formula is C26H24N2O4S. The fourth-order valence-corrected chi connectivity index (χ4v) is 4.22. The number of benzene rings is 3. The number of ether oxygens (including phenoxy) is 1. The number of hydrogen-bond acceptors (Lipinski definition) is 5. The zero-order chi connectivity index (χ0) is 23.4. The van der Waals surface area contributed by atoms with E-state index in [0.717, 1.165) is 38.7 Å². The van der Waals surface area contributed by atoms with E-state index in [1.807, 2.05) is 60.7 Å². The van der Waals surface area contributed by atoms with Crippen LogP contribution in [0.25, 0.3) is 16.8 Å². The normalized spacial score (nSPS) is 15.0. The second-order valence-electron chi connectivity index (χ2n) is 8.12. The van der Waals surface area contributed by atoms with Crippen LogP contribution in [0.3, 0.4) is 0 Å². The minimum absolute atomic E-state index is 0.286. The van der Waals surface area contributed by atoms with Crippen LogP contribution in [0.15, 0.2) is 71.6 Å². The molecular weight excluding hydrogens is 436 g/mol. The number of hydrogen-bond donors (Lipinski definition) is 1. The maximum Gasteiger partial charge on any atom is 0.294 e. The van der Waals surface area contributed by atoms with Crippen molar-refractivity contribution in [3.63, 3.8) is 0 Å². The first-order valence-electron chi connectivity index (χ1n) is 10.7. The molecule has 0 spiro atoms. The van der Waals surface area contributed by atoms with Crippen molar-refractivity contribution >= 4 is 51.4 Å². The number of carbonyl (C=O) groups is 3. The Labute approximate surface area is 196 Å². The van der Waals surface area contributed by atoms with Crippen LogP contribution in [0, 0.1) is 5.92 Å². The van der Waals surface area contributed by atoms with Crippen LogP contribution in [-0.2, 0) is 9.59 Å². The SMILES string of the molecule is CC(C)COc1ccc(/C=C2\SC(=O)N(CC(=O)Nc3cccc4ccccc34)C2=O)cc1. The Kier molecular flexibility index (Phi) is 6.79. The second-order valence-corrected chi connectivity index (χ2v) is 9.11. The molecule has 0 unspecified atom stereocenters. The molecule has 1 aliphatic heterocycles. The van der Waals surface area contributed by atoms with E-state index in [1.54, 1.807) is 12.1 Å². The van der Waals surface area contributed by atoms with Crippen molar-refractivity contribution in [2.24, 2.45) is 5.92 Å². The van der Waals surface area contributed by atoms with Crippen LogP contribution in [0.2, 0.25) is 0 Å². The highest BCUT2D eigenvalue weighted by Gasteiger charge is 2.36. The van der Waals surface area contributed by atoms with Crippen LogP contribution >= 0.6 is 11.8 Å². The minimum atomic E-state index is -0.474. The van der Waals surface area contributed by atoms with Gasteiger partial charge in [-0.05, 0) is 52.9 Å². The van der Waals surface area contributed by atoms with Crippen LogP contribution in [-0.4, -0.2) is 35.1 Å². The molecule has 0 radical (unpaired) electrons. The maximum absolute atomic E-state index is 12.8. The molecule has 168 valence electrons. The first-order valence-corrected chi connectivity index (χ1v) is 11.5. The summed E-state index contributed by atoms with van der Waals surface area (Å²) in [4.78, 5) is 39.1. The summed E-state index contributed by atoms with van der Waals surface area (Å²) in [5, 5.41) is 4.24. The lowest BCUT2D eigenvalue weighted by atomic mass is 10.1. The molecule has 33 heavy (non-hydrogen) atoms. The lowest BCUT2D eigenvalue weighted by Crippen LogP contribution is -2.36. The number of anilines is 1. The molecule has 1 aliphatic rings. The van der Waals surface area contributed by atoms with Gasteiger partial charge in [0.2, 0.25) is 5.91 Å². The van der Waals surface area contributed by atoms with Gasteiger partial charge in [0.25, 0.3) is 11.1 Å². The summed E-state index contributed by atoms with van der Waals surface area (Å²) in [6.07, 6.45) is 1.65. The summed E-state index contributed by atoms with van der Waals surface area (Å²) in [6, 6.07) is 20.6. The van der Waals surface area contributed by atoms with Crippen molar-refractivity contribution in [1.29, 1.82) is 0 Å². The van der Waals surface area contributed by atoms with Crippen molar-refractivity contribution in [3.05, 3.63) is 77.2 Å². The molecule has 4 rings (SSSR count). The predicted molar refractivity (Wildman–Crippen MR) is 132 cm³/mol. The van der Waals surface area contributed by atoms with Gasteiger partial charge in [0.05, 0.1) is 11.5 Å². The molecule has 0 saturated carbocycles. The Morgan fingerprint density at radius 1 is 1.03 bits per heavy atom. The van der Waals surface area contributed by atoms with Gasteiger partial charge in [-0.15, -0.1) is 0 Å². The van der Waals surface area contributed by atoms with E-state index in [2.05, 4.69) is 19.2 Å². The minimum Gasteiger partial charge on any atom is -0.493 e. The highest BCUT2D eigenvalue weighted by molar-refractivity contribution is 8.18. The highest BCUT2D eigenvalue weighted by Crippen LogP contribution is 2.32. The number of rotatable bonds is 7. The largest absolute Gasteiger partial charge is 0.493 e. The van der Waals surface area contributed by atoms with Gasteiger partial charge in [-0.1, -0.05) is 62.4 Å². The van der Waals surface area contributed by atoms with Crippen molar-refractivity contribution in [2.45, 2.75) is 13.8 Å². The number of amides is 3. The van der Waals surface area contributed by atoms with Gasteiger partial charge < -0.3 is 10.1 Å². The molecule has 3 aromatic rings. The molecule has 7 heteroatoms. The number of nitrogens with zero attached hydrogens (tertiary/aromatic N) is 1. The zero-order valence-electron chi connectivity index (χ0n) is 18.4. The average molecular weight is 461 g/mol. The molecule has 1 N–H and O–H groups in total.